The van der Waals surface area contributed by atoms with Crippen LogP contribution in [0.3, 0.4) is 0 Å². The Morgan fingerprint density at radius 1 is 1.55 bits per heavy atom. The van der Waals surface area contributed by atoms with Gasteiger partial charge in [0, 0.05) is 26.4 Å². The summed E-state index contributed by atoms with van der Waals surface area (Å²) in [5.74, 6) is -0.740. The molecule has 0 radical (unpaired) electrons. The van der Waals surface area contributed by atoms with Crippen molar-refractivity contribution in [1.29, 1.82) is 0 Å². The van der Waals surface area contributed by atoms with Crippen molar-refractivity contribution < 1.29 is 26.0 Å². The Kier molecular flexibility index (Phi) is 4.66. The number of aromatic nitrogens is 1. The van der Waals surface area contributed by atoms with Crippen molar-refractivity contribution in [3.8, 4) is 5.75 Å². The van der Waals surface area contributed by atoms with Crippen LogP contribution in [0.25, 0.3) is 0 Å². The highest BCUT2D eigenvalue weighted by Crippen LogP contribution is 2.26. The molecule has 9 heteroatoms. The molecule has 2 rings (SSSR count). The largest absolute Gasteiger partial charge is 0.488 e. The number of rotatable bonds is 5. The molecule has 0 spiro atoms. The first-order valence-electron chi connectivity index (χ1n) is 6.67. The quantitative estimate of drug-likeness (QED) is 0.756. The SMILES string of the molecule is CN(CC1(C)CCCO1)C(=O)c1cncc(OS(=O)(=O)F)c1. The number of likely N-dealkylation sites (N-methyl/N-ethyl adjacent to an activating group) is 1. The van der Waals surface area contributed by atoms with Crippen molar-refractivity contribution in [1.82, 2.24) is 9.88 Å². The van der Waals surface area contributed by atoms with E-state index in [0.29, 0.717) is 13.2 Å². The molecule has 0 N–H and O–H groups in total. The molecule has 1 aliphatic rings. The van der Waals surface area contributed by atoms with Gasteiger partial charge in [-0.1, -0.05) is 3.89 Å². The lowest BCUT2D eigenvalue weighted by atomic mass is 10.0. The van der Waals surface area contributed by atoms with E-state index in [2.05, 4.69) is 9.17 Å². The van der Waals surface area contributed by atoms with Crippen molar-refractivity contribution in [2.75, 3.05) is 20.2 Å². The van der Waals surface area contributed by atoms with Crippen LogP contribution in [-0.4, -0.2) is 50.0 Å². The zero-order chi connectivity index (χ0) is 16.4. The Balaban J connectivity index is 2.10. The Morgan fingerprint density at radius 3 is 2.86 bits per heavy atom. The summed E-state index contributed by atoms with van der Waals surface area (Å²) in [6, 6.07) is 1.13. The summed E-state index contributed by atoms with van der Waals surface area (Å²) in [4.78, 5) is 17.5. The molecule has 1 saturated heterocycles. The van der Waals surface area contributed by atoms with Gasteiger partial charge in [-0.15, -0.1) is 0 Å². The molecular weight excluding hydrogens is 315 g/mol. The molecule has 122 valence electrons. The van der Waals surface area contributed by atoms with Crippen LogP contribution in [0.5, 0.6) is 5.75 Å². The summed E-state index contributed by atoms with van der Waals surface area (Å²) in [6.07, 6.45) is 4.06. The third-order valence-corrected chi connectivity index (χ3v) is 3.77. The lowest BCUT2D eigenvalue weighted by Crippen LogP contribution is -2.41. The molecule has 1 aromatic rings. The monoisotopic (exact) mass is 332 g/mol. The Labute approximate surface area is 128 Å². The van der Waals surface area contributed by atoms with Gasteiger partial charge in [-0.3, -0.25) is 9.78 Å². The van der Waals surface area contributed by atoms with E-state index in [4.69, 9.17) is 4.74 Å². The summed E-state index contributed by atoms with van der Waals surface area (Å²) < 4.78 is 43.1. The smallest absolute Gasteiger partial charge is 0.373 e. The van der Waals surface area contributed by atoms with E-state index in [1.54, 1.807) is 7.05 Å². The number of carbonyl (C=O) groups excluding carboxylic acids is 1. The molecule has 2 heterocycles. The second-order valence-corrected chi connectivity index (χ2v) is 6.40. The molecule has 1 amide bonds. The van der Waals surface area contributed by atoms with Crippen LogP contribution < -0.4 is 4.18 Å². The van der Waals surface area contributed by atoms with Crippen LogP contribution in [0.1, 0.15) is 30.1 Å². The number of hydrogen-bond donors (Lipinski definition) is 0. The molecule has 1 atom stereocenters. The third-order valence-electron chi connectivity index (χ3n) is 3.37. The van der Waals surface area contributed by atoms with Crippen LogP contribution in [0.2, 0.25) is 0 Å². The predicted octanol–water partition coefficient (Wildman–Crippen LogP) is 1.32. The molecule has 7 nitrogen and oxygen atoms in total. The first-order chi connectivity index (χ1) is 10.2. The van der Waals surface area contributed by atoms with Crippen molar-refractivity contribution in [3.05, 3.63) is 24.0 Å². The molecule has 1 fully saturated rings. The number of nitrogens with zero attached hydrogens (tertiary/aromatic N) is 2. The van der Waals surface area contributed by atoms with Crippen LogP contribution >= 0.6 is 0 Å². The third kappa shape index (κ3) is 4.38. The highest BCUT2D eigenvalue weighted by Gasteiger charge is 2.32. The van der Waals surface area contributed by atoms with Gasteiger partial charge in [-0.25, -0.2) is 0 Å². The second-order valence-electron chi connectivity index (χ2n) is 5.45. The summed E-state index contributed by atoms with van der Waals surface area (Å²) in [6.45, 7) is 2.98. The van der Waals surface area contributed by atoms with Crippen LogP contribution in [0.15, 0.2) is 18.5 Å². The molecule has 1 aromatic heterocycles. The highest BCUT2D eigenvalue weighted by atomic mass is 32.3. The normalized spacial score (nSPS) is 21.6. The van der Waals surface area contributed by atoms with Crippen molar-refractivity contribution in [2.45, 2.75) is 25.4 Å². The van der Waals surface area contributed by atoms with E-state index >= 15 is 0 Å². The number of hydrogen-bond acceptors (Lipinski definition) is 6. The van der Waals surface area contributed by atoms with E-state index in [0.717, 1.165) is 25.1 Å². The molecule has 0 bridgehead atoms. The zero-order valence-electron chi connectivity index (χ0n) is 12.3. The number of carbonyl (C=O) groups is 1. The average molecular weight is 332 g/mol. The minimum Gasteiger partial charge on any atom is -0.373 e. The van der Waals surface area contributed by atoms with Crippen LogP contribution in [-0.2, 0) is 15.2 Å². The molecule has 0 aromatic carbocycles. The van der Waals surface area contributed by atoms with Gasteiger partial charge in [0.05, 0.1) is 17.4 Å². The second kappa shape index (κ2) is 6.17. The fourth-order valence-corrected chi connectivity index (χ4v) is 2.77. The molecule has 1 aliphatic heterocycles. The maximum Gasteiger partial charge on any atom is 0.488 e. The van der Waals surface area contributed by atoms with E-state index in [9.17, 15) is 17.1 Å². The van der Waals surface area contributed by atoms with Gasteiger partial charge in [0.25, 0.3) is 5.91 Å². The number of amides is 1. The Hall–Kier alpha value is -1.74. The van der Waals surface area contributed by atoms with Crippen molar-refractivity contribution in [3.63, 3.8) is 0 Å². The maximum absolute atomic E-state index is 12.5. The summed E-state index contributed by atoms with van der Waals surface area (Å²) in [5, 5.41) is 0. The lowest BCUT2D eigenvalue weighted by molar-refractivity contribution is -0.00178. The standard InChI is InChI=1S/C13H17FN2O5S/c1-13(4-3-5-20-13)9-16(2)12(17)10-6-11(8-15-7-10)21-22(14,18)19/h6-8H,3-5,9H2,1-2H3. The first-order valence-corrected chi connectivity index (χ1v) is 7.98. The molecule has 1 unspecified atom stereocenters. The van der Waals surface area contributed by atoms with Gasteiger partial charge in [0.2, 0.25) is 0 Å². The minimum atomic E-state index is -5.15. The number of ether oxygens (including phenoxy) is 1. The molecular formula is C13H17FN2O5S. The average Bonchev–Trinajstić information content (AvgIpc) is 2.82. The Bertz CT molecular complexity index is 658. The van der Waals surface area contributed by atoms with Crippen molar-refractivity contribution in [2.24, 2.45) is 0 Å². The van der Waals surface area contributed by atoms with Crippen LogP contribution in [0.4, 0.5) is 3.89 Å². The molecule has 0 saturated carbocycles. The van der Waals surface area contributed by atoms with Gasteiger partial charge in [-0.05, 0) is 25.8 Å². The minimum absolute atomic E-state index is 0.102. The van der Waals surface area contributed by atoms with E-state index in [-0.39, 0.29) is 17.2 Å². The topological polar surface area (TPSA) is 85.8 Å². The Morgan fingerprint density at radius 2 is 2.27 bits per heavy atom. The number of pyridine rings is 1. The first kappa shape index (κ1) is 16.6. The molecule has 0 aliphatic carbocycles. The van der Waals surface area contributed by atoms with Gasteiger partial charge in [-0.2, -0.15) is 8.42 Å². The summed E-state index contributed by atoms with van der Waals surface area (Å²) in [5.41, 5.74) is -0.293. The summed E-state index contributed by atoms with van der Waals surface area (Å²) in [7, 11) is -3.55. The fraction of sp³-hybridized carbons (Fsp3) is 0.538. The van der Waals surface area contributed by atoms with Crippen molar-refractivity contribution >= 4 is 16.4 Å². The van der Waals surface area contributed by atoms with Gasteiger partial charge >= 0.3 is 10.5 Å². The fourth-order valence-electron chi connectivity index (χ4n) is 2.45. The van der Waals surface area contributed by atoms with Gasteiger partial charge in [0.15, 0.2) is 5.75 Å². The van der Waals surface area contributed by atoms with E-state index in [1.165, 1.54) is 11.1 Å². The predicted molar refractivity (Wildman–Crippen MR) is 75.4 cm³/mol. The van der Waals surface area contributed by atoms with E-state index < -0.39 is 16.1 Å². The van der Waals surface area contributed by atoms with Gasteiger partial charge < -0.3 is 13.8 Å². The highest BCUT2D eigenvalue weighted by molar-refractivity contribution is 7.81. The number of halogens is 1. The van der Waals surface area contributed by atoms with Crippen LogP contribution in [0, 0.1) is 0 Å². The molecule has 22 heavy (non-hydrogen) atoms. The zero-order valence-corrected chi connectivity index (χ0v) is 13.1. The summed E-state index contributed by atoms with van der Waals surface area (Å²) >= 11 is 0. The maximum atomic E-state index is 12.5. The van der Waals surface area contributed by atoms with E-state index in [1.807, 2.05) is 6.92 Å². The lowest BCUT2D eigenvalue weighted by Gasteiger charge is -2.29. The van der Waals surface area contributed by atoms with Gasteiger partial charge in [0.1, 0.15) is 0 Å².